The lowest BCUT2D eigenvalue weighted by atomic mass is 10.2. The van der Waals surface area contributed by atoms with Crippen molar-refractivity contribution in [1.29, 1.82) is 0 Å². The van der Waals surface area contributed by atoms with Gasteiger partial charge in [0.05, 0.1) is 11.4 Å². The topological polar surface area (TPSA) is 84.2 Å². The number of nitrogens with two attached hydrogens (primary N) is 1. The Morgan fingerprint density at radius 3 is 2.43 bits per heavy atom. The number of nitrogen functional groups attached to an aromatic ring is 1. The number of rotatable bonds is 4. The van der Waals surface area contributed by atoms with Crippen LogP contribution in [-0.2, 0) is 10.0 Å². The summed E-state index contributed by atoms with van der Waals surface area (Å²) >= 11 is 0. The molecule has 4 N–H and O–H groups in total. The zero-order valence-electron chi connectivity index (χ0n) is 11.6. The van der Waals surface area contributed by atoms with E-state index in [4.69, 9.17) is 5.73 Å². The van der Waals surface area contributed by atoms with Gasteiger partial charge in [-0.05, 0) is 49.9 Å². The van der Waals surface area contributed by atoms with Crippen LogP contribution in [0.2, 0.25) is 0 Å². The first kappa shape index (κ1) is 15.3. The van der Waals surface area contributed by atoms with Crippen molar-refractivity contribution in [3.8, 4) is 0 Å². The fourth-order valence-electron chi connectivity index (χ4n) is 1.86. The zero-order valence-corrected chi connectivity index (χ0v) is 12.5. The number of benzene rings is 2. The smallest absolute Gasteiger partial charge is 0.242 e. The van der Waals surface area contributed by atoms with Crippen LogP contribution < -0.4 is 15.8 Å². The van der Waals surface area contributed by atoms with E-state index in [-0.39, 0.29) is 16.4 Å². The molecule has 0 aliphatic rings. The van der Waals surface area contributed by atoms with E-state index in [1.807, 2.05) is 0 Å². The molecule has 0 saturated heterocycles. The molecule has 0 radical (unpaired) electrons. The Morgan fingerprint density at radius 1 is 1.14 bits per heavy atom. The monoisotopic (exact) mass is 309 g/mol. The molecular formula is C14H16FN3O2S. The molecule has 0 aromatic heterocycles. The molecule has 0 heterocycles. The third-order valence-electron chi connectivity index (χ3n) is 2.97. The zero-order chi connectivity index (χ0) is 15.6. The summed E-state index contributed by atoms with van der Waals surface area (Å²) < 4.78 is 39.4. The second-order valence-electron chi connectivity index (χ2n) is 4.57. The van der Waals surface area contributed by atoms with Gasteiger partial charge in [-0.25, -0.2) is 17.5 Å². The van der Waals surface area contributed by atoms with Gasteiger partial charge in [0.2, 0.25) is 10.0 Å². The van der Waals surface area contributed by atoms with Crippen molar-refractivity contribution in [3.63, 3.8) is 0 Å². The molecule has 2 aromatic rings. The number of hydrogen-bond donors (Lipinski definition) is 3. The number of hydrogen-bond acceptors (Lipinski definition) is 4. The Balaban J connectivity index is 2.33. The molecule has 0 amide bonds. The molecule has 112 valence electrons. The molecule has 7 heteroatoms. The molecule has 0 atom stereocenters. The van der Waals surface area contributed by atoms with Crippen molar-refractivity contribution in [2.75, 3.05) is 18.1 Å². The third-order valence-corrected chi connectivity index (χ3v) is 4.46. The Morgan fingerprint density at radius 2 is 1.86 bits per heavy atom. The quantitative estimate of drug-likeness (QED) is 0.757. The van der Waals surface area contributed by atoms with E-state index < -0.39 is 10.0 Å². The number of aryl methyl sites for hydroxylation is 1. The highest BCUT2D eigenvalue weighted by atomic mass is 32.2. The normalized spacial score (nSPS) is 11.4. The Labute approximate surface area is 123 Å². The average Bonchev–Trinajstić information content (AvgIpc) is 2.42. The number of nitrogens with one attached hydrogen (secondary N) is 2. The van der Waals surface area contributed by atoms with Gasteiger partial charge in [-0.1, -0.05) is 6.07 Å². The maximum absolute atomic E-state index is 13.8. The van der Waals surface area contributed by atoms with Gasteiger partial charge < -0.3 is 11.1 Å². The molecule has 5 nitrogen and oxygen atoms in total. The van der Waals surface area contributed by atoms with Crippen LogP contribution in [0.4, 0.5) is 21.5 Å². The van der Waals surface area contributed by atoms with Crippen molar-refractivity contribution < 1.29 is 12.8 Å². The summed E-state index contributed by atoms with van der Waals surface area (Å²) in [4.78, 5) is -0.0140. The summed E-state index contributed by atoms with van der Waals surface area (Å²) in [6, 6.07) is 9.14. The van der Waals surface area contributed by atoms with Crippen LogP contribution in [0.25, 0.3) is 0 Å². The lowest BCUT2D eigenvalue weighted by molar-refractivity contribution is 0.588. The standard InChI is InChI=1S/C14H16FN3O2S/c1-9-3-5-13(11(15)7-9)18-10-4-6-14(12(16)8-10)21(19,20)17-2/h3-8,17-18H,16H2,1-2H3. The SMILES string of the molecule is CNS(=O)(=O)c1ccc(Nc2ccc(C)cc2F)cc1N. The van der Waals surface area contributed by atoms with Crippen molar-refractivity contribution in [3.05, 3.63) is 47.8 Å². The van der Waals surface area contributed by atoms with E-state index in [0.717, 1.165) is 5.56 Å². The number of anilines is 3. The van der Waals surface area contributed by atoms with Crippen molar-refractivity contribution in [2.45, 2.75) is 11.8 Å². The van der Waals surface area contributed by atoms with Crippen LogP contribution in [-0.4, -0.2) is 15.5 Å². The minimum atomic E-state index is -3.61. The molecule has 0 saturated carbocycles. The first-order chi connectivity index (χ1) is 9.83. The molecule has 0 aliphatic heterocycles. The predicted molar refractivity (Wildman–Crippen MR) is 81.5 cm³/mol. The van der Waals surface area contributed by atoms with E-state index in [1.54, 1.807) is 19.1 Å². The predicted octanol–water partition coefficient (Wildman–Crippen LogP) is 2.37. The largest absolute Gasteiger partial charge is 0.398 e. The number of halogens is 1. The second-order valence-corrected chi connectivity index (χ2v) is 6.42. The first-order valence-electron chi connectivity index (χ1n) is 6.20. The van der Waals surface area contributed by atoms with Gasteiger partial charge in [-0.3, -0.25) is 0 Å². The van der Waals surface area contributed by atoms with E-state index in [1.165, 1.54) is 31.3 Å². The molecular weight excluding hydrogens is 293 g/mol. The highest BCUT2D eigenvalue weighted by molar-refractivity contribution is 7.89. The van der Waals surface area contributed by atoms with E-state index in [0.29, 0.717) is 11.4 Å². The molecule has 0 bridgehead atoms. The molecule has 0 fully saturated rings. The van der Waals surface area contributed by atoms with Gasteiger partial charge in [-0.2, -0.15) is 0 Å². The summed E-state index contributed by atoms with van der Waals surface area (Å²) in [5, 5.41) is 2.87. The molecule has 0 unspecified atom stereocenters. The maximum atomic E-state index is 13.8. The maximum Gasteiger partial charge on any atom is 0.242 e. The van der Waals surface area contributed by atoms with E-state index in [2.05, 4.69) is 10.0 Å². The van der Waals surface area contributed by atoms with Crippen molar-refractivity contribution in [2.24, 2.45) is 0 Å². The number of sulfonamides is 1. The Bertz CT molecular complexity index is 776. The van der Waals surface area contributed by atoms with Crippen LogP contribution in [0.1, 0.15) is 5.56 Å². The minimum absolute atomic E-state index is 0.0140. The Kier molecular flexibility index (Phi) is 4.15. The summed E-state index contributed by atoms with van der Waals surface area (Å²) in [5.74, 6) is -0.388. The van der Waals surface area contributed by atoms with Crippen LogP contribution in [0.5, 0.6) is 0 Å². The average molecular weight is 309 g/mol. The molecule has 21 heavy (non-hydrogen) atoms. The molecule has 0 aliphatic carbocycles. The third kappa shape index (κ3) is 3.32. The lowest BCUT2D eigenvalue weighted by Crippen LogP contribution is -2.19. The van der Waals surface area contributed by atoms with E-state index >= 15 is 0 Å². The molecule has 2 aromatic carbocycles. The van der Waals surface area contributed by atoms with Crippen LogP contribution in [0.15, 0.2) is 41.3 Å². The van der Waals surface area contributed by atoms with Gasteiger partial charge in [0, 0.05) is 5.69 Å². The van der Waals surface area contributed by atoms with Crippen LogP contribution in [0, 0.1) is 12.7 Å². The summed E-state index contributed by atoms with van der Waals surface area (Å²) in [6.45, 7) is 1.79. The highest BCUT2D eigenvalue weighted by Crippen LogP contribution is 2.26. The van der Waals surface area contributed by atoms with Crippen molar-refractivity contribution >= 4 is 27.1 Å². The fourth-order valence-corrected chi connectivity index (χ4v) is 2.69. The molecule has 2 rings (SSSR count). The summed E-state index contributed by atoms with van der Waals surface area (Å²) in [7, 11) is -2.30. The van der Waals surface area contributed by atoms with Gasteiger partial charge in [0.1, 0.15) is 10.7 Å². The van der Waals surface area contributed by atoms with Crippen LogP contribution in [0.3, 0.4) is 0 Å². The highest BCUT2D eigenvalue weighted by Gasteiger charge is 2.15. The van der Waals surface area contributed by atoms with Gasteiger partial charge >= 0.3 is 0 Å². The molecule has 0 spiro atoms. The van der Waals surface area contributed by atoms with E-state index in [9.17, 15) is 12.8 Å². The minimum Gasteiger partial charge on any atom is -0.398 e. The van der Waals surface area contributed by atoms with Crippen LogP contribution >= 0.6 is 0 Å². The Hall–Kier alpha value is -2.12. The fraction of sp³-hybridized carbons (Fsp3) is 0.143. The lowest BCUT2D eigenvalue weighted by Gasteiger charge is -2.11. The summed E-state index contributed by atoms with van der Waals surface area (Å²) in [5.41, 5.74) is 7.44. The second kappa shape index (κ2) is 5.71. The van der Waals surface area contributed by atoms with Gasteiger partial charge in [-0.15, -0.1) is 0 Å². The first-order valence-corrected chi connectivity index (χ1v) is 7.68. The van der Waals surface area contributed by atoms with Crippen molar-refractivity contribution in [1.82, 2.24) is 4.72 Å². The summed E-state index contributed by atoms with van der Waals surface area (Å²) in [6.07, 6.45) is 0. The van der Waals surface area contributed by atoms with Gasteiger partial charge in [0.25, 0.3) is 0 Å². The van der Waals surface area contributed by atoms with Gasteiger partial charge in [0.15, 0.2) is 0 Å².